The summed E-state index contributed by atoms with van der Waals surface area (Å²) in [5.74, 6) is 0.0802. The molecule has 0 saturated carbocycles. The number of carbonyl (C=O) groups is 1. The van der Waals surface area contributed by atoms with Crippen molar-refractivity contribution in [3.05, 3.63) is 78.4 Å². The van der Waals surface area contributed by atoms with Crippen molar-refractivity contribution >= 4 is 15.8 Å². The lowest BCUT2D eigenvalue weighted by Crippen LogP contribution is -2.25. The lowest BCUT2D eigenvalue weighted by molar-refractivity contribution is -0.153. The van der Waals surface area contributed by atoms with Crippen molar-refractivity contribution in [3.63, 3.8) is 0 Å². The van der Waals surface area contributed by atoms with E-state index >= 15 is 0 Å². The number of rotatable bonds is 8. The van der Waals surface area contributed by atoms with E-state index in [-0.39, 0.29) is 22.8 Å². The summed E-state index contributed by atoms with van der Waals surface area (Å²) in [4.78, 5) is 12.5. The van der Waals surface area contributed by atoms with Crippen LogP contribution in [0.4, 0.5) is 4.39 Å². The molecule has 3 aromatic carbocycles. The van der Waals surface area contributed by atoms with E-state index < -0.39 is 28.1 Å². The van der Waals surface area contributed by atoms with Gasteiger partial charge in [-0.25, -0.2) is 12.8 Å². The molecule has 5 nitrogen and oxygen atoms in total. The Hall–Kier alpha value is -3.19. The Morgan fingerprint density at radius 3 is 2.03 bits per heavy atom. The quantitative estimate of drug-likeness (QED) is 0.412. The molecule has 33 heavy (non-hydrogen) atoms. The van der Waals surface area contributed by atoms with Crippen LogP contribution in [0.2, 0.25) is 0 Å². The highest BCUT2D eigenvalue weighted by molar-refractivity contribution is 7.91. The Bertz CT molecular complexity index is 1190. The van der Waals surface area contributed by atoms with E-state index in [1.807, 2.05) is 12.1 Å². The van der Waals surface area contributed by atoms with Crippen molar-refractivity contribution in [2.24, 2.45) is 0 Å². The maximum atomic E-state index is 13.3. The highest BCUT2D eigenvalue weighted by atomic mass is 32.2. The van der Waals surface area contributed by atoms with Gasteiger partial charge in [-0.3, -0.25) is 4.79 Å². The maximum absolute atomic E-state index is 13.3. The first-order chi connectivity index (χ1) is 15.6. The minimum atomic E-state index is -3.84. The molecule has 0 bridgehead atoms. The number of sulfone groups is 1. The van der Waals surface area contributed by atoms with Crippen LogP contribution in [0.25, 0.3) is 11.1 Å². The van der Waals surface area contributed by atoms with Crippen LogP contribution in [-0.2, 0) is 25.8 Å². The van der Waals surface area contributed by atoms with E-state index in [9.17, 15) is 17.6 Å². The second-order valence-electron chi connectivity index (χ2n) is 8.46. The van der Waals surface area contributed by atoms with Crippen molar-refractivity contribution < 1.29 is 27.1 Å². The largest absolute Gasteiger partial charge is 0.491 e. The van der Waals surface area contributed by atoms with E-state index in [1.165, 1.54) is 6.07 Å². The highest BCUT2D eigenvalue weighted by Gasteiger charge is 2.24. The standard InChI is InChI=1S/C26H27FO5S/c1-26(2,3)32-25(28)18-21-6-4-5-7-24(21)33(29,30)23-14-10-20(11-15-23)19-8-12-22(13-9-19)31-17-16-27/h4-15H,16-18H2,1-3H3/i27-1. The molecule has 0 fully saturated rings. The summed E-state index contributed by atoms with van der Waals surface area (Å²) < 4.78 is 49.5. The zero-order valence-electron chi connectivity index (χ0n) is 18.9. The number of halogens is 1. The van der Waals surface area contributed by atoms with Crippen molar-refractivity contribution in [1.82, 2.24) is 0 Å². The molecule has 0 spiro atoms. The predicted octanol–water partition coefficient (Wildman–Crippen LogP) is 5.42. The van der Waals surface area contributed by atoms with Gasteiger partial charge in [0.1, 0.15) is 24.6 Å². The first-order valence-corrected chi connectivity index (χ1v) is 12.0. The molecule has 0 amide bonds. The number of esters is 1. The summed E-state index contributed by atoms with van der Waals surface area (Å²) in [5, 5.41) is 0. The second-order valence-corrected chi connectivity index (χ2v) is 10.4. The third-order valence-corrected chi connectivity index (χ3v) is 6.59. The monoisotopic (exact) mass is 469 g/mol. The highest BCUT2D eigenvalue weighted by Crippen LogP contribution is 2.28. The molecule has 0 aliphatic rings. The molecule has 3 rings (SSSR count). The lowest BCUT2D eigenvalue weighted by atomic mass is 10.1. The van der Waals surface area contributed by atoms with E-state index in [4.69, 9.17) is 9.47 Å². The molecule has 0 N–H and O–H groups in total. The van der Waals surface area contributed by atoms with Gasteiger partial charge < -0.3 is 9.47 Å². The number of hydrogen-bond donors (Lipinski definition) is 0. The molecule has 0 aliphatic carbocycles. The van der Waals surface area contributed by atoms with Gasteiger partial charge >= 0.3 is 5.97 Å². The summed E-state index contributed by atoms with van der Waals surface area (Å²) in [6, 6.07) is 20.1. The summed E-state index contributed by atoms with van der Waals surface area (Å²) in [7, 11) is -3.84. The van der Waals surface area contributed by atoms with Crippen molar-refractivity contribution in [2.75, 3.05) is 13.3 Å². The number of carbonyl (C=O) groups excluding carboxylic acids is 1. The fourth-order valence-corrected chi connectivity index (χ4v) is 4.79. The molecular formula is C26H27FO5S. The Morgan fingerprint density at radius 1 is 0.879 bits per heavy atom. The molecule has 3 aromatic rings. The molecule has 0 saturated heterocycles. The smallest absolute Gasteiger partial charge is 0.310 e. The van der Waals surface area contributed by atoms with Gasteiger partial charge in [-0.05, 0) is 67.8 Å². The molecule has 174 valence electrons. The Kier molecular flexibility index (Phi) is 7.53. The van der Waals surface area contributed by atoms with Crippen LogP contribution < -0.4 is 4.74 Å². The minimum absolute atomic E-state index is 0.00129. The second kappa shape index (κ2) is 10.2. The van der Waals surface area contributed by atoms with E-state index in [0.717, 1.165) is 11.1 Å². The average molecular weight is 470 g/mol. The van der Waals surface area contributed by atoms with Crippen LogP contribution in [0.15, 0.2) is 82.6 Å². The van der Waals surface area contributed by atoms with E-state index in [1.54, 1.807) is 75.4 Å². The van der Waals surface area contributed by atoms with Gasteiger partial charge in [0.2, 0.25) is 9.84 Å². The van der Waals surface area contributed by atoms with Crippen LogP contribution in [0.1, 0.15) is 26.3 Å². The van der Waals surface area contributed by atoms with E-state index in [2.05, 4.69) is 0 Å². The first kappa shape index (κ1) is 24.5. The van der Waals surface area contributed by atoms with Gasteiger partial charge in [0, 0.05) is 0 Å². The van der Waals surface area contributed by atoms with Crippen LogP contribution in [-0.4, -0.2) is 33.3 Å². The number of alkyl halides is 1. The minimum Gasteiger partial charge on any atom is -0.491 e. The molecule has 0 heterocycles. The third-order valence-electron chi connectivity index (χ3n) is 4.72. The third kappa shape index (κ3) is 6.42. The predicted molar refractivity (Wildman–Crippen MR) is 125 cm³/mol. The number of hydrogen-bond acceptors (Lipinski definition) is 5. The van der Waals surface area contributed by atoms with E-state index in [0.29, 0.717) is 11.3 Å². The molecule has 0 aliphatic heterocycles. The lowest BCUT2D eigenvalue weighted by Gasteiger charge is -2.20. The van der Waals surface area contributed by atoms with Crippen LogP contribution in [0.3, 0.4) is 0 Å². The molecule has 0 unspecified atom stereocenters. The summed E-state index contributed by atoms with van der Waals surface area (Å²) in [6.07, 6.45) is -0.137. The van der Waals surface area contributed by atoms with Gasteiger partial charge in [-0.1, -0.05) is 42.5 Å². The topological polar surface area (TPSA) is 69.7 Å². The van der Waals surface area contributed by atoms with Crippen molar-refractivity contribution in [2.45, 2.75) is 42.6 Å². The van der Waals surface area contributed by atoms with Gasteiger partial charge in [0.05, 0.1) is 16.2 Å². The van der Waals surface area contributed by atoms with Crippen LogP contribution in [0.5, 0.6) is 5.75 Å². The van der Waals surface area contributed by atoms with Gasteiger partial charge in [-0.2, -0.15) is 0 Å². The maximum Gasteiger partial charge on any atom is 0.310 e. The van der Waals surface area contributed by atoms with Crippen LogP contribution >= 0.6 is 0 Å². The van der Waals surface area contributed by atoms with Crippen LogP contribution in [0, 0.1) is 0 Å². The zero-order chi connectivity index (χ0) is 24.1. The first-order valence-electron chi connectivity index (χ1n) is 10.5. The van der Waals surface area contributed by atoms with Crippen molar-refractivity contribution in [1.29, 1.82) is 0 Å². The normalized spacial score (nSPS) is 11.8. The number of ether oxygens (including phenoxy) is 2. The fraction of sp³-hybridized carbons (Fsp3) is 0.269. The van der Waals surface area contributed by atoms with Gasteiger partial charge in [0.25, 0.3) is 0 Å². The molecule has 0 atom stereocenters. The zero-order valence-corrected chi connectivity index (χ0v) is 19.7. The fourth-order valence-electron chi connectivity index (χ4n) is 3.30. The summed E-state index contributed by atoms with van der Waals surface area (Å²) in [6.45, 7) is 4.74. The number of benzene rings is 3. The molecular weight excluding hydrogens is 442 g/mol. The molecule has 0 radical (unpaired) electrons. The average Bonchev–Trinajstić information content (AvgIpc) is 2.77. The van der Waals surface area contributed by atoms with Crippen molar-refractivity contribution in [3.8, 4) is 16.9 Å². The molecule has 7 heteroatoms. The Morgan fingerprint density at radius 2 is 1.45 bits per heavy atom. The van der Waals surface area contributed by atoms with Gasteiger partial charge in [0.15, 0.2) is 0 Å². The SMILES string of the molecule is CC(C)(C)OC(=O)Cc1ccccc1S(=O)(=O)c1ccc(-c2ccc(OCC[18F])cc2)cc1. The Balaban J connectivity index is 1.83. The molecule has 0 aromatic heterocycles. The summed E-state index contributed by atoms with van der Waals surface area (Å²) in [5.41, 5.74) is 1.43. The summed E-state index contributed by atoms with van der Waals surface area (Å²) >= 11 is 0. The Labute approximate surface area is 194 Å². The van der Waals surface area contributed by atoms with Gasteiger partial charge in [-0.15, -0.1) is 0 Å².